The molecule has 1 N–H and O–H groups in total. The van der Waals surface area contributed by atoms with Crippen LogP contribution in [0.5, 0.6) is 5.75 Å². The second-order valence-electron chi connectivity index (χ2n) is 5.97. The number of aliphatic hydroxyl groups is 1. The minimum atomic E-state index is -0.548. The maximum Gasteiger partial charge on any atom is 0.256 e. The van der Waals surface area contributed by atoms with Gasteiger partial charge in [-0.2, -0.15) is 0 Å². The van der Waals surface area contributed by atoms with Crippen molar-refractivity contribution in [1.82, 2.24) is 4.90 Å². The van der Waals surface area contributed by atoms with Gasteiger partial charge in [-0.25, -0.2) is 4.39 Å². The lowest BCUT2D eigenvalue weighted by Gasteiger charge is -2.30. The van der Waals surface area contributed by atoms with Crippen molar-refractivity contribution in [2.45, 2.75) is 18.9 Å². The van der Waals surface area contributed by atoms with Crippen molar-refractivity contribution in [2.75, 3.05) is 20.2 Å². The number of rotatable bonds is 3. The molecule has 24 heavy (non-hydrogen) atoms. The molecule has 3 rings (SSSR count). The number of β-amino-alcohol motifs (C(OH)–C–C–N with tert-alkyl or cyclic N) is 1. The van der Waals surface area contributed by atoms with Gasteiger partial charge in [0.1, 0.15) is 11.6 Å². The van der Waals surface area contributed by atoms with Crippen LogP contribution in [0.2, 0.25) is 0 Å². The van der Waals surface area contributed by atoms with Gasteiger partial charge in [0.05, 0.1) is 18.8 Å². The van der Waals surface area contributed by atoms with Gasteiger partial charge in [0.15, 0.2) is 0 Å². The number of halogens is 1. The first kappa shape index (κ1) is 16.5. The van der Waals surface area contributed by atoms with Crippen molar-refractivity contribution >= 4 is 5.91 Å². The third-order valence-corrected chi connectivity index (χ3v) is 4.31. The summed E-state index contributed by atoms with van der Waals surface area (Å²) in [7, 11) is 1.59. The van der Waals surface area contributed by atoms with E-state index in [1.807, 2.05) is 12.1 Å². The number of carbonyl (C=O) groups is 1. The Morgan fingerprint density at radius 2 is 1.92 bits per heavy atom. The van der Waals surface area contributed by atoms with E-state index in [1.165, 1.54) is 17.0 Å². The van der Waals surface area contributed by atoms with Crippen LogP contribution in [-0.4, -0.2) is 42.2 Å². The largest absolute Gasteiger partial charge is 0.497 e. The number of methoxy groups -OCH3 is 1. The Bertz CT molecular complexity index is 730. The molecule has 1 saturated heterocycles. The van der Waals surface area contributed by atoms with Gasteiger partial charge in [-0.15, -0.1) is 0 Å². The Kier molecular flexibility index (Phi) is 4.81. The summed E-state index contributed by atoms with van der Waals surface area (Å²) in [5.41, 5.74) is 1.59. The quantitative estimate of drug-likeness (QED) is 0.941. The number of nitrogens with zero attached hydrogens (tertiary/aromatic N) is 1. The van der Waals surface area contributed by atoms with Gasteiger partial charge < -0.3 is 14.7 Å². The van der Waals surface area contributed by atoms with Crippen LogP contribution in [0.3, 0.4) is 0 Å². The fraction of sp³-hybridized carbons (Fsp3) is 0.316. The zero-order chi connectivity index (χ0) is 17.1. The van der Waals surface area contributed by atoms with Crippen LogP contribution in [-0.2, 0) is 0 Å². The van der Waals surface area contributed by atoms with Gasteiger partial charge in [0.2, 0.25) is 0 Å². The van der Waals surface area contributed by atoms with Gasteiger partial charge in [0.25, 0.3) is 5.91 Å². The highest BCUT2D eigenvalue weighted by Gasteiger charge is 2.25. The summed E-state index contributed by atoms with van der Waals surface area (Å²) >= 11 is 0. The Balaban J connectivity index is 1.82. The lowest BCUT2D eigenvalue weighted by molar-refractivity contribution is 0.0470. The van der Waals surface area contributed by atoms with Crippen LogP contribution in [0.4, 0.5) is 4.39 Å². The van der Waals surface area contributed by atoms with Crippen LogP contribution in [0.25, 0.3) is 11.1 Å². The van der Waals surface area contributed by atoms with Gasteiger partial charge >= 0.3 is 0 Å². The number of hydrogen-bond acceptors (Lipinski definition) is 3. The molecule has 0 unspecified atom stereocenters. The zero-order valence-corrected chi connectivity index (χ0v) is 13.5. The third kappa shape index (κ3) is 3.41. The molecule has 0 aromatic heterocycles. The molecule has 0 spiro atoms. The van der Waals surface area contributed by atoms with Crippen LogP contribution in [0.1, 0.15) is 23.2 Å². The Hall–Kier alpha value is -2.40. The average molecular weight is 329 g/mol. The van der Waals surface area contributed by atoms with E-state index in [1.54, 1.807) is 25.3 Å². The fourth-order valence-corrected chi connectivity index (χ4v) is 2.96. The minimum absolute atomic E-state index is 0.0429. The SMILES string of the molecule is COc1ccc(-c2ccc(C(=O)N3CCC[C@@H](O)C3)c(F)c2)cc1. The molecule has 126 valence electrons. The zero-order valence-electron chi connectivity index (χ0n) is 13.5. The number of amides is 1. The first-order chi connectivity index (χ1) is 11.6. The second-order valence-corrected chi connectivity index (χ2v) is 5.97. The summed E-state index contributed by atoms with van der Waals surface area (Å²) in [6.45, 7) is 0.814. The standard InChI is InChI=1S/C19H20FNO3/c1-24-16-7-4-13(5-8-16)14-6-9-17(18(20)11-14)19(23)21-10-2-3-15(22)12-21/h4-9,11,15,22H,2-3,10,12H2,1H3/t15-/m1/s1. The number of likely N-dealkylation sites (tertiary alicyclic amines) is 1. The highest BCUT2D eigenvalue weighted by Crippen LogP contribution is 2.25. The number of carbonyl (C=O) groups excluding carboxylic acids is 1. The molecular weight excluding hydrogens is 309 g/mol. The predicted molar refractivity (Wildman–Crippen MR) is 89.5 cm³/mol. The molecule has 2 aromatic rings. The van der Waals surface area contributed by atoms with Crippen molar-refractivity contribution in [3.8, 4) is 16.9 Å². The number of benzene rings is 2. The van der Waals surface area contributed by atoms with Gasteiger partial charge in [-0.1, -0.05) is 18.2 Å². The van der Waals surface area contributed by atoms with Crippen molar-refractivity contribution in [3.05, 3.63) is 53.8 Å². The molecule has 2 aromatic carbocycles. The smallest absolute Gasteiger partial charge is 0.256 e. The van der Waals surface area contributed by atoms with E-state index in [0.29, 0.717) is 18.5 Å². The molecular formula is C19H20FNO3. The van der Waals surface area contributed by atoms with E-state index >= 15 is 0 Å². The van der Waals surface area contributed by atoms with E-state index in [-0.39, 0.29) is 18.0 Å². The number of aliphatic hydroxyl groups excluding tert-OH is 1. The van der Waals surface area contributed by atoms with E-state index in [4.69, 9.17) is 4.74 Å². The topological polar surface area (TPSA) is 49.8 Å². The van der Waals surface area contributed by atoms with Gasteiger partial charge in [-0.05, 0) is 48.2 Å². The molecule has 0 aliphatic carbocycles. The Morgan fingerprint density at radius 3 is 2.54 bits per heavy atom. The van der Waals surface area contributed by atoms with E-state index in [2.05, 4.69) is 0 Å². The van der Waals surface area contributed by atoms with Crippen molar-refractivity contribution < 1.29 is 19.0 Å². The average Bonchev–Trinajstić information content (AvgIpc) is 2.61. The molecule has 4 nitrogen and oxygen atoms in total. The number of hydrogen-bond donors (Lipinski definition) is 1. The van der Waals surface area contributed by atoms with Crippen LogP contribution < -0.4 is 4.74 Å². The minimum Gasteiger partial charge on any atom is -0.497 e. The van der Waals surface area contributed by atoms with E-state index < -0.39 is 11.9 Å². The maximum atomic E-state index is 14.4. The predicted octanol–water partition coefficient (Wildman–Crippen LogP) is 3.10. The fourth-order valence-electron chi connectivity index (χ4n) is 2.96. The monoisotopic (exact) mass is 329 g/mol. The summed E-state index contributed by atoms with van der Waals surface area (Å²) in [5, 5.41) is 9.68. The maximum absolute atomic E-state index is 14.4. The Morgan fingerprint density at radius 1 is 1.21 bits per heavy atom. The number of piperidine rings is 1. The van der Waals surface area contributed by atoms with Crippen molar-refractivity contribution in [2.24, 2.45) is 0 Å². The summed E-state index contributed by atoms with van der Waals surface area (Å²) in [6.07, 6.45) is 0.894. The van der Waals surface area contributed by atoms with Crippen LogP contribution in [0, 0.1) is 5.82 Å². The van der Waals surface area contributed by atoms with Gasteiger partial charge in [-0.3, -0.25) is 4.79 Å². The number of ether oxygens (including phenoxy) is 1. The molecule has 1 atom stereocenters. The van der Waals surface area contributed by atoms with Gasteiger partial charge in [0, 0.05) is 13.1 Å². The molecule has 1 heterocycles. The second kappa shape index (κ2) is 7.01. The summed E-state index contributed by atoms with van der Waals surface area (Å²) in [4.78, 5) is 14.0. The molecule has 0 saturated carbocycles. The normalized spacial score (nSPS) is 17.6. The first-order valence-electron chi connectivity index (χ1n) is 8.00. The molecule has 1 amide bonds. The molecule has 5 heteroatoms. The lowest BCUT2D eigenvalue weighted by atomic mass is 10.0. The van der Waals surface area contributed by atoms with Crippen LogP contribution >= 0.6 is 0 Å². The molecule has 0 bridgehead atoms. The lowest BCUT2D eigenvalue weighted by Crippen LogP contribution is -2.42. The molecule has 1 fully saturated rings. The van der Waals surface area contributed by atoms with Crippen molar-refractivity contribution in [3.63, 3.8) is 0 Å². The summed E-state index contributed by atoms with van der Waals surface area (Å²) in [6, 6.07) is 11.9. The summed E-state index contributed by atoms with van der Waals surface area (Å²) in [5.74, 6) is -0.185. The van der Waals surface area contributed by atoms with Crippen molar-refractivity contribution in [1.29, 1.82) is 0 Å². The Labute approximate surface area is 140 Å². The highest BCUT2D eigenvalue weighted by atomic mass is 19.1. The van der Waals surface area contributed by atoms with Crippen LogP contribution in [0.15, 0.2) is 42.5 Å². The molecule has 0 radical (unpaired) electrons. The van der Waals surface area contributed by atoms with E-state index in [0.717, 1.165) is 17.7 Å². The first-order valence-corrected chi connectivity index (χ1v) is 8.00. The summed E-state index contributed by atoms with van der Waals surface area (Å²) < 4.78 is 19.6. The highest BCUT2D eigenvalue weighted by molar-refractivity contribution is 5.95. The molecule has 1 aliphatic rings. The third-order valence-electron chi connectivity index (χ3n) is 4.31. The molecule has 1 aliphatic heterocycles. The van der Waals surface area contributed by atoms with E-state index in [9.17, 15) is 14.3 Å².